The first-order valence-electron chi connectivity index (χ1n) is 7.57. The van der Waals surface area contributed by atoms with Crippen molar-refractivity contribution in [2.75, 3.05) is 32.7 Å². The quantitative estimate of drug-likeness (QED) is 0.784. The number of carbonyl (C=O) groups excluding carboxylic acids is 1. The highest BCUT2D eigenvalue weighted by Crippen LogP contribution is 2.22. The van der Waals surface area contributed by atoms with E-state index in [1.165, 1.54) is 0 Å². The molecule has 2 saturated heterocycles. The maximum Gasteiger partial charge on any atom is 0.317 e. The van der Waals surface area contributed by atoms with Gasteiger partial charge in [0.15, 0.2) is 0 Å². The predicted molar refractivity (Wildman–Crippen MR) is 75.1 cm³/mol. The zero-order valence-electron chi connectivity index (χ0n) is 12.2. The summed E-state index contributed by atoms with van der Waals surface area (Å²) in [6.07, 6.45) is 3.66. The Morgan fingerprint density at radius 3 is 2.37 bits per heavy atom. The average Bonchev–Trinajstić information content (AvgIpc) is 2.86. The normalized spacial score (nSPS) is 22.9. The van der Waals surface area contributed by atoms with E-state index < -0.39 is 5.60 Å². The zero-order valence-corrected chi connectivity index (χ0v) is 12.2. The molecule has 0 aromatic rings. The minimum Gasteiger partial charge on any atom is -0.389 e. The molecular formula is C14H27N3O2. The molecule has 110 valence electrons. The first-order chi connectivity index (χ1) is 9.08. The van der Waals surface area contributed by atoms with E-state index in [0.717, 1.165) is 58.4 Å². The number of nitrogens with zero attached hydrogens (tertiary/aromatic N) is 2. The smallest absolute Gasteiger partial charge is 0.317 e. The summed E-state index contributed by atoms with van der Waals surface area (Å²) < 4.78 is 0. The van der Waals surface area contributed by atoms with Crippen LogP contribution in [0, 0.1) is 0 Å². The van der Waals surface area contributed by atoms with Gasteiger partial charge >= 0.3 is 6.03 Å². The topological polar surface area (TPSA) is 55.8 Å². The Labute approximate surface area is 115 Å². The fraction of sp³-hybridized carbons (Fsp3) is 0.929. The first-order valence-corrected chi connectivity index (χ1v) is 7.57. The minimum absolute atomic E-state index is 0.0945. The van der Waals surface area contributed by atoms with Gasteiger partial charge < -0.3 is 20.2 Å². The third kappa shape index (κ3) is 3.39. The number of urea groups is 1. The SMILES string of the molecule is CCC(O)(CC)CN1CCC(N2CCNC2=O)CC1. The van der Waals surface area contributed by atoms with Crippen molar-refractivity contribution in [3.63, 3.8) is 0 Å². The van der Waals surface area contributed by atoms with Gasteiger partial charge in [0.1, 0.15) is 0 Å². The molecule has 0 saturated carbocycles. The second-order valence-electron chi connectivity index (χ2n) is 5.86. The van der Waals surface area contributed by atoms with E-state index in [1.807, 2.05) is 18.7 Å². The summed E-state index contributed by atoms with van der Waals surface area (Å²) in [4.78, 5) is 16.0. The molecule has 2 aliphatic rings. The molecule has 2 aliphatic heterocycles. The Kier molecular flexibility index (Phi) is 4.68. The van der Waals surface area contributed by atoms with Crippen LogP contribution >= 0.6 is 0 Å². The monoisotopic (exact) mass is 269 g/mol. The maximum atomic E-state index is 11.6. The van der Waals surface area contributed by atoms with E-state index >= 15 is 0 Å². The predicted octanol–water partition coefficient (Wildman–Crippen LogP) is 1.03. The standard InChI is InChI=1S/C14H27N3O2/c1-3-14(19,4-2)11-16-8-5-12(6-9-16)17-10-7-15-13(17)18/h12,19H,3-11H2,1-2H3,(H,15,18). The van der Waals surface area contributed by atoms with Crippen molar-refractivity contribution in [2.24, 2.45) is 0 Å². The molecule has 0 aromatic heterocycles. The summed E-state index contributed by atoms with van der Waals surface area (Å²) in [5.74, 6) is 0. The number of piperidine rings is 1. The van der Waals surface area contributed by atoms with E-state index in [4.69, 9.17) is 0 Å². The molecule has 0 aromatic carbocycles. The van der Waals surface area contributed by atoms with E-state index in [9.17, 15) is 9.90 Å². The third-order valence-corrected chi connectivity index (χ3v) is 4.72. The van der Waals surface area contributed by atoms with Crippen molar-refractivity contribution in [3.8, 4) is 0 Å². The molecule has 0 bridgehead atoms. The summed E-state index contributed by atoms with van der Waals surface area (Å²) in [7, 11) is 0. The van der Waals surface area contributed by atoms with E-state index in [0.29, 0.717) is 6.04 Å². The van der Waals surface area contributed by atoms with Crippen molar-refractivity contribution in [2.45, 2.75) is 51.2 Å². The van der Waals surface area contributed by atoms with E-state index in [-0.39, 0.29) is 6.03 Å². The number of β-amino-alcohol motifs (C(OH)–C–C–N with tert-alkyl or cyclic N) is 1. The Balaban J connectivity index is 1.80. The highest BCUT2D eigenvalue weighted by atomic mass is 16.3. The molecule has 2 fully saturated rings. The van der Waals surface area contributed by atoms with Gasteiger partial charge in [-0.1, -0.05) is 13.8 Å². The van der Waals surface area contributed by atoms with Crippen molar-refractivity contribution >= 4 is 6.03 Å². The van der Waals surface area contributed by atoms with Gasteiger partial charge in [-0.25, -0.2) is 4.79 Å². The van der Waals surface area contributed by atoms with Gasteiger partial charge in [0.25, 0.3) is 0 Å². The molecule has 5 heteroatoms. The second-order valence-corrected chi connectivity index (χ2v) is 5.86. The lowest BCUT2D eigenvalue weighted by molar-refractivity contribution is -0.0128. The maximum absolute atomic E-state index is 11.6. The van der Waals surface area contributed by atoms with Crippen LogP contribution in [-0.2, 0) is 0 Å². The van der Waals surface area contributed by atoms with E-state index in [2.05, 4.69) is 10.2 Å². The van der Waals surface area contributed by atoms with Crippen molar-refractivity contribution < 1.29 is 9.90 Å². The lowest BCUT2D eigenvalue weighted by Gasteiger charge is -2.39. The molecule has 0 atom stereocenters. The van der Waals surface area contributed by atoms with Crippen molar-refractivity contribution in [1.82, 2.24) is 15.1 Å². The Morgan fingerprint density at radius 2 is 1.89 bits per heavy atom. The van der Waals surface area contributed by atoms with Crippen LogP contribution in [0.25, 0.3) is 0 Å². The number of nitrogens with one attached hydrogen (secondary N) is 1. The number of rotatable bonds is 5. The molecule has 5 nitrogen and oxygen atoms in total. The average molecular weight is 269 g/mol. The van der Waals surface area contributed by atoms with Gasteiger partial charge in [-0.2, -0.15) is 0 Å². The molecule has 0 radical (unpaired) electrons. The fourth-order valence-corrected chi connectivity index (χ4v) is 3.11. The minimum atomic E-state index is -0.544. The number of hydrogen-bond donors (Lipinski definition) is 2. The summed E-state index contributed by atoms with van der Waals surface area (Å²) in [5.41, 5.74) is -0.544. The van der Waals surface area contributed by atoms with Crippen LogP contribution in [0.2, 0.25) is 0 Å². The summed E-state index contributed by atoms with van der Waals surface area (Å²) in [6, 6.07) is 0.479. The van der Waals surface area contributed by atoms with Crippen LogP contribution in [0.15, 0.2) is 0 Å². The Hall–Kier alpha value is -0.810. The fourth-order valence-electron chi connectivity index (χ4n) is 3.11. The van der Waals surface area contributed by atoms with E-state index in [1.54, 1.807) is 0 Å². The van der Waals surface area contributed by atoms with Gasteiger partial charge in [-0.3, -0.25) is 0 Å². The first kappa shape index (κ1) is 14.6. The van der Waals surface area contributed by atoms with Crippen molar-refractivity contribution in [1.29, 1.82) is 0 Å². The molecule has 0 aliphatic carbocycles. The number of likely N-dealkylation sites (tertiary alicyclic amines) is 1. The third-order valence-electron chi connectivity index (χ3n) is 4.72. The van der Waals surface area contributed by atoms with Crippen LogP contribution < -0.4 is 5.32 Å². The zero-order chi connectivity index (χ0) is 13.9. The number of hydrogen-bond acceptors (Lipinski definition) is 3. The summed E-state index contributed by atoms with van der Waals surface area (Å²) in [5, 5.41) is 13.3. The van der Waals surface area contributed by atoms with Crippen LogP contribution in [0.3, 0.4) is 0 Å². The van der Waals surface area contributed by atoms with Gasteiger partial charge in [-0.15, -0.1) is 0 Å². The molecular weight excluding hydrogens is 242 g/mol. The summed E-state index contributed by atoms with van der Waals surface area (Å²) >= 11 is 0. The number of carbonyl (C=O) groups is 1. The van der Waals surface area contributed by atoms with Gasteiger partial charge in [0, 0.05) is 38.8 Å². The van der Waals surface area contributed by atoms with Crippen LogP contribution in [0.5, 0.6) is 0 Å². The molecule has 2 N–H and O–H groups in total. The van der Waals surface area contributed by atoms with Crippen LogP contribution in [0.1, 0.15) is 39.5 Å². The molecule has 0 unspecified atom stereocenters. The van der Waals surface area contributed by atoms with Crippen molar-refractivity contribution in [3.05, 3.63) is 0 Å². The molecule has 2 rings (SSSR count). The van der Waals surface area contributed by atoms with Gasteiger partial charge in [0.05, 0.1) is 5.60 Å². The molecule has 2 heterocycles. The molecule has 19 heavy (non-hydrogen) atoms. The number of aliphatic hydroxyl groups is 1. The second kappa shape index (κ2) is 6.09. The van der Waals surface area contributed by atoms with Crippen LogP contribution in [0.4, 0.5) is 4.79 Å². The highest BCUT2D eigenvalue weighted by Gasteiger charge is 2.33. The molecule has 0 spiro atoms. The summed E-state index contributed by atoms with van der Waals surface area (Å²) in [6.45, 7) is 8.45. The highest BCUT2D eigenvalue weighted by molar-refractivity contribution is 5.76. The Morgan fingerprint density at radius 1 is 1.26 bits per heavy atom. The largest absolute Gasteiger partial charge is 0.389 e. The van der Waals surface area contributed by atoms with Gasteiger partial charge in [-0.05, 0) is 25.7 Å². The lowest BCUT2D eigenvalue weighted by atomic mass is 9.95. The van der Waals surface area contributed by atoms with Gasteiger partial charge in [0.2, 0.25) is 0 Å². The molecule has 2 amide bonds. The van der Waals surface area contributed by atoms with Crippen LogP contribution in [-0.4, -0.2) is 65.3 Å². The lowest BCUT2D eigenvalue weighted by Crippen LogP contribution is -2.50. The Bertz CT molecular complexity index is 310. The number of amides is 2.